The summed E-state index contributed by atoms with van der Waals surface area (Å²) in [5, 5.41) is 23.0. The predicted octanol–water partition coefficient (Wildman–Crippen LogP) is 2.14. The van der Waals surface area contributed by atoms with Crippen LogP contribution in [0.3, 0.4) is 0 Å². The first kappa shape index (κ1) is 13.0. The molecule has 1 aromatic heterocycles. The Morgan fingerprint density at radius 3 is 2.68 bits per heavy atom. The molecule has 1 atom stereocenters. The number of pyridine rings is 1. The van der Waals surface area contributed by atoms with E-state index in [4.69, 9.17) is 0 Å². The minimum Gasteiger partial charge on any atom is -0.394 e. The zero-order valence-electron chi connectivity index (χ0n) is 10.1. The summed E-state index contributed by atoms with van der Waals surface area (Å²) in [5.74, 6) is 0.358. The molecule has 2 N–H and O–H groups in total. The van der Waals surface area contributed by atoms with Gasteiger partial charge in [-0.1, -0.05) is 30.3 Å². The van der Waals surface area contributed by atoms with E-state index in [1.807, 2.05) is 30.3 Å². The molecule has 1 aromatic carbocycles. The van der Waals surface area contributed by atoms with Gasteiger partial charge in [0.2, 0.25) is 0 Å². The largest absolute Gasteiger partial charge is 0.394 e. The monoisotopic (exact) mass is 259 g/mol. The lowest BCUT2D eigenvalue weighted by molar-refractivity contribution is -0.384. The van der Waals surface area contributed by atoms with E-state index in [9.17, 15) is 15.2 Å². The molecule has 98 valence electrons. The molecule has 6 nitrogen and oxygen atoms in total. The van der Waals surface area contributed by atoms with Crippen LogP contribution in [0.2, 0.25) is 0 Å². The molecule has 2 rings (SSSR count). The zero-order chi connectivity index (χ0) is 13.7. The molecule has 0 amide bonds. The summed E-state index contributed by atoms with van der Waals surface area (Å²) in [6, 6.07) is 11.6. The van der Waals surface area contributed by atoms with Crippen LogP contribution in [0, 0.1) is 10.1 Å². The minimum atomic E-state index is -0.483. The third-order valence-electron chi connectivity index (χ3n) is 2.66. The Balaban J connectivity index is 2.19. The molecule has 0 spiro atoms. The highest BCUT2D eigenvalue weighted by atomic mass is 16.6. The van der Waals surface area contributed by atoms with E-state index in [-0.39, 0.29) is 18.3 Å². The van der Waals surface area contributed by atoms with Crippen molar-refractivity contribution in [2.75, 3.05) is 11.9 Å². The number of rotatable bonds is 5. The van der Waals surface area contributed by atoms with Crippen LogP contribution in [-0.2, 0) is 0 Å². The van der Waals surface area contributed by atoms with Crippen LogP contribution in [0.1, 0.15) is 11.6 Å². The van der Waals surface area contributed by atoms with Gasteiger partial charge < -0.3 is 10.4 Å². The van der Waals surface area contributed by atoms with Gasteiger partial charge in [0, 0.05) is 12.3 Å². The molecule has 0 aliphatic carbocycles. The molecular formula is C13H13N3O3. The first-order valence-electron chi connectivity index (χ1n) is 5.73. The number of nitrogens with zero attached hydrogens (tertiary/aromatic N) is 2. The normalized spacial score (nSPS) is 11.8. The third kappa shape index (κ3) is 3.26. The van der Waals surface area contributed by atoms with E-state index in [1.165, 1.54) is 18.3 Å². The lowest BCUT2D eigenvalue weighted by Crippen LogP contribution is -2.15. The Bertz CT molecular complexity index is 560. The standard InChI is InChI=1S/C13H13N3O3/c17-9-12(10-4-2-1-3-5-10)15-13-8-11(16(18)19)6-7-14-13/h1-8,12,17H,9H2,(H,14,15). The van der Waals surface area contributed by atoms with Gasteiger partial charge in [-0.15, -0.1) is 0 Å². The summed E-state index contributed by atoms with van der Waals surface area (Å²) in [4.78, 5) is 14.2. The Hall–Kier alpha value is -2.47. The molecule has 6 heteroatoms. The smallest absolute Gasteiger partial charge is 0.274 e. The van der Waals surface area contributed by atoms with Crippen molar-refractivity contribution in [3.63, 3.8) is 0 Å². The van der Waals surface area contributed by atoms with Gasteiger partial charge in [0.1, 0.15) is 5.82 Å². The number of nitrogens with one attached hydrogen (secondary N) is 1. The first-order valence-corrected chi connectivity index (χ1v) is 5.73. The van der Waals surface area contributed by atoms with E-state index >= 15 is 0 Å². The van der Waals surface area contributed by atoms with Crippen molar-refractivity contribution in [1.29, 1.82) is 0 Å². The van der Waals surface area contributed by atoms with Gasteiger partial charge in [-0.05, 0) is 5.56 Å². The summed E-state index contributed by atoms with van der Waals surface area (Å²) >= 11 is 0. The number of aliphatic hydroxyl groups excluding tert-OH is 1. The van der Waals surface area contributed by atoms with Crippen LogP contribution in [0.15, 0.2) is 48.7 Å². The van der Waals surface area contributed by atoms with Gasteiger partial charge in [0.15, 0.2) is 0 Å². The minimum absolute atomic E-state index is 0.0396. The molecule has 2 aromatic rings. The Kier molecular flexibility index (Phi) is 4.04. The molecule has 1 unspecified atom stereocenters. The molecule has 0 bridgehead atoms. The van der Waals surface area contributed by atoms with Gasteiger partial charge >= 0.3 is 0 Å². The number of anilines is 1. The van der Waals surface area contributed by atoms with Gasteiger partial charge in [0.05, 0.1) is 23.6 Å². The van der Waals surface area contributed by atoms with Crippen molar-refractivity contribution in [3.8, 4) is 0 Å². The molecule has 0 aliphatic heterocycles. The fourth-order valence-electron chi connectivity index (χ4n) is 1.71. The second kappa shape index (κ2) is 5.92. The maximum atomic E-state index is 10.7. The van der Waals surface area contributed by atoms with E-state index < -0.39 is 4.92 Å². The van der Waals surface area contributed by atoms with Crippen LogP contribution in [-0.4, -0.2) is 21.6 Å². The molecular weight excluding hydrogens is 246 g/mol. The van der Waals surface area contributed by atoms with Gasteiger partial charge in [0.25, 0.3) is 5.69 Å². The predicted molar refractivity (Wildman–Crippen MR) is 70.8 cm³/mol. The van der Waals surface area contributed by atoms with Crippen LogP contribution < -0.4 is 5.32 Å². The van der Waals surface area contributed by atoms with E-state index in [0.717, 1.165) is 5.56 Å². The number of hydrogen-bond donors (Lipinski definition) is 2. The van der Waals surface area contributed by atoms with Gasteiger partial charge in [-0.2, -0.15) is 0 Å². The molecule has 0 radical (unpaired) electrons. The number of aliphatic hydroxyl groups is 1. The summed E-state index contributed by atoms with van der Waals surface area (Å²) in [6.45, 7) is -0.131. The number of benzene rings is 1. The number of nitro groups is 1. The molecule has 19 heavy (non-hydrogen) atoms. The lowest BCUT2D eigenvalue weighted by atomic mass is 10.1. The molecule has 0 aliphatic rings. The van der Waals surface area contributed by atoms with E-state index in [1.54, 1.807) is 0 Å². The Labute approximate surface area is 109 Å². The SMILES string of the molecule is O=[N+]([O-])c1ccnc(NC(CO)c2ccccc2)c1. The summed E-state index contributed by atoms with van der Waals surface area (Å²) in [7, 11) is 0. The maximum absolute atomic E-state index is 10.7. The van der Waals surface area contributed by atoms with Gasteiger partial charge in [-0.25, -0.2) is 4.98 Å². The topological polar surface area (TPSA) is 88.3 Å². The Morgan fingerprint density at radius 1 is 1.32 bits per heavy atom. The maximum Gasteiger partial charge on any atom is 0.274 e. The van der Waals surface area contributed by atoms with Crippen LogP contribution in [0.25, 0.3) is 0 Å². The zero-order valence-corrected chi connectivity index (χ0v) is 10.1. The van der Waals surface area contributed by atoms with Crippen LogP contribution in [0.5, 0.6) is 0 Å². The van der Waals surface area contributed by atoms with Crippen molar-refractivity contribution in [2.45, 2.75) is 6.04 Å². The highest BCUT2D eigenvalue weighted by Crippen LogP contribution is 2.20. The van der Waals surface area contributed by atoms with Crippen molar-refractivity contribution in [2.24, 2.45) is 0 Å². The first-order chi connectivity index (χ1) is 9.20. The lowest BCUT2D eigenvalue weighted by Gasteiger charge is -2.16. The second-order valence-corrected chi connectivity index (χ2v) is 3.95. The quantitative estimate of drug-likeness (QED) is 0.634. The molecule has 0 saturated carbocycles. The molecule has 1 heterocycles. The highest BCUT2D eigenvalue weighted by molar-refractivity contribution is 5.46. The van der Waals surface area contributed by atoms with E-state index in [0.29, 0.717) is 5.82 Å². The Morgan fingerprint density at radius 2 is 2.05 bits per heavy atom. The summed E-state index contributed by atoms with van der Waals surface area (Å²) in [6.07, 6.45) is 1.36. The molecule has 0 saturated heterocycles. The average molecular weight is 259 g/mol. The van der Waals surface area contributed by atoms with E-state index in [2.05, 4.69) is 10.3 Å². The summed E-state index contributed by atoms with van der Waals surface area (Å²) in [5.41, 5.74) is 0.848. The van der Waals surface area contributed by atoms with Crippen molar-refractivity contribution < 1.29 is 10.0 Å². The van der Waals surface area contributed by atoms with Crippen LogP contribution in [0.4, 0.5) is 11.5 Å². The summed E-state index contributed by atoms with van der Waals surface area (Å²) < 4.78 is 0. The second-order valence-electron chi connectivity index (χ2n) is 3.95. The fraction of sp³-hybridized carbons (Fsp3) is 0.154. The highest BCUT2D eigenvalue weighted by Gasteiger charge is 2.12. The number of hydrogen-bond acceptors (Lipinski definition) is 5. The van der Waals surface area contributed by atoms with Crippen molar-refractivity contribution in [1.82, 2.24) is 4.98 Å². The van der Waals surface area contributed by atoms with Gasteiger partial charge in [-0.3, -0.25) is 10.1 Å². The molecule has 0 fully saturated rings. The van der Waals surface area contributed by atoms with Crippen molar-refractivity contribution >= 4 is 11.5 Å². The fourth-order valence-corrected chi connectivity index (χ4v) is 1.71. The average Bonchev–Trinajstić information content (AvgIpc) is 2.46. The van der Waals surface area contributed by atoms with Crippen molar-refractivity contribution in [3.05, 3.63) is 64.3 Å². The third-order valence-corrected chi connectivity index (χ3v) is 2.66. The van der Waals surface area contributed by atoms with Crippen LogP contribution >= 0.6 is 0 Å². The number of aromatic nitrogens is 1.